The van der Waals surface area contributed by atoms with Crippen LogP contribution in [0, 0.1) is 5.92 Å². The maximum absolute atomic E-state index is 12.8. The van der Waals surface area contributed by atoms with Crippen LogP contribution >= 0.6 is 23.2 Å². The zero-order valence-corrected chi connectivity index (χ0v) is 20.4. The van der Waals surface area contributed by atoms with Gasteiger partial charge in [0, 0.05) is 11.6 Å². The number of rotatable bonds is 10. The highest BCUT2D eigenvalue weighted by atomic mass is 35.5. The van der Waals surface area contributed by atoms with Crippen molar-refractivity contribution in [3.05, 3.63) is 58.1 Å². The lowest BCUT2D eigenvalue weighted by Crippen LogP contribution is -2.58. The number of imide groups is 1. The Labute approximate surface area is 207 Å². The normalized spacial score (nSPS) is 12.3. The fourth-order valence-corrected chi connectivity index (χ4v) is 3.19. The molecule has 0 saturated carbocycles. The standard InChI is InChI=1S/C22H27Cl2N5O5/c1-4-34-19-10-9-17(11-18(19)24)26-28-27-22(33)29(14(3)13(2)20(30)31)21(32)25-12-15-5-7-16(23)8-6-15/h5-11,13-14,26,28H,4,12H2,1-3H3,(H,25,32)(H,27,33)(H,30,31)/t13-,14+/m1/s1. The molecule has 0 aliphatic heterocycles. The van der Waals surface area contributed by atoms with Gasteiger partial charge in [-0.1, -0.05) is 35.3 Å². The first-order valence-corrected chi connectivity index (χ1v) is 11.2. The Hall–Kier alpha value is -3.21. The van der Waals surface area contributed by atoms with E-state index in [0.717, 1.165) is 10.5 Å². The predicted octanol–water partition coefficient (Wildman–Crippen LogP) is 4.25. The Morgan fingerprint density at radius 3 is 2.32 bits per heavy atom. The topological polar surface area (TPSA) is 132 Å². The summed E-state index contributed by atoms with van der Waals surface area (Å²) in [6, 6.07) is 9.12. The maximum Gasteiger partial charge on any atom is 0.341 e. The third kappa shape index (κ3) is 7.68. The second-order valence-corrected chi connectivity index (χ2v) is 8.12. The molecular formula is C22H27Cl2N5O5. The molecule has 0 aliphatic rings. The molecular weight excluding hydrogens is 485 g/mol. The summed E-state index contributed by atoms with van der Waals surface area (Å²) >= 11 is 12.0. The van der Waals surface area contributed by atoms with E-state index in [2.05, 4.69) is 21.7 Å². The average molecular weight is 512 g/mol. The summed E-state index contributed by atoms with van der Waals surface area (Å²) < 4.78 is 5.37. The number of hydrazine groups is 2. The molecule has 10 nitrogen and oxygen atoms in total. The van der Waals surface area contributed by atoms with E-state index in [0.29, 0.717) is 28.1 Å². The van der Waals surface area contributed by atoms with Crippen LogP contribution in [0.1, 0.15) is 26.3 Å². The number of amides is 4. The van der Waals surface area contributed by atoms with Crippen molar-refractivity contribution in [3.8, 4) is 5.75 Å². The number of urea groups is 2. The van der Waals surface area contributed by atoms with Gasteiger partial charge in [-0.15, -0.1) is 5.53 Å². The molecule has 0 bridgehead atoms. The van der Waals surface area contributed by atoms with Gasteiger partial charge in [0.2, 0.25) is 0 Å². The lowest BCUT2D eigenvalue weighted by atomic mass is 10.0. The molecule has 0 aromatic heterocycles. The molecule has 0 heterocycles. The van der Waals surface area contributed by atoms with Gasteiger partial charge in [-0.2, -0.15) is 0 Å². The average Bonchev–Trinajstić information content (AvgIpc) is 2.80. The first kappa shape index (κ1) is 27.0. The van der Waals surface area contributed by atoms with E-state index < -0.39 is 30.0 Å². The number of halogens is 2. The summed E-state index contributed by atoms with van der Waals surface area (Å²) in [5.41, 5.74) is 8.81. The van der Waals surface area contributed by atoms with Crippen LogP contribution in [0.15, 0.2) is 42.5 Å². The van der Waals surface area contributed by atoms with E-state index in [9.17, 15) is 19.5 Å². The van der Waals surface area contributed by atoms with Crippen molar-refractivity contribution < 1.29 is 24.2 Å². The van der Waals surface area contributed by atoms with E-state index in [4.69, 9.17) is 27.9 Å². The number of carbonyl (C=O) groups is 3. The van der Waals surface area contributed by atoms with Gasteiger partial charge in [-0.25, -0.2) is 14.5 Å². The van der Waals surface area contributed by atoms with Gasteiger partial charge in [0.25, 0.3) is 0 Å². The molecule has 5 N–H and O–H groups in total. The molecule has 0 radical (unpaired) electrons. The number of hydrogen-bond donors (Lipinski definition) is 5. The lowest BCUT2D eigenvalue weighted by molar-refractivity contribution is -0.142. The number of hydrogen-bond acceptors (Lipinski definition) is 6. The molecule has 4 amide bonds. The summed E-state index contributed by atoms with van der Waals surface area (Å²) in [5.74, 6) is -1.64. The fraction of sp³-hybridized carbons (Fsp3) is 0.318. The minimum absolute atomic E-state index is 0.115. The van der Waals surface area contributed by atoms with Crippen molar-refractivity contribution in [2.24, 2.45) is 5.92 Å². The second kappa shape index (κ2) is 12.9. The smallest absolute Gasteiger partial charge is 0.341 e. The molecule has 34 heavy (non-hydrogen) atoms. The van der Waals surface area contributed by atoms with Crippen molar-refractivity contribution in [2.45, 2.75) is 33.4 Å². The quantitative estimate of drug-likeness (QED) is 0.301. The SMILES string of the molecule is CCOc1ccc(NNNC(=O)N(C(=O)NCc2ccc(Cl)cc2)[C@@H](C)[C@@H](C)C(=O)O)cc1Cl. The molecule has 0 spiro atoms. The molecule has 0 aliphatic carbocycles. The van der Waals surface area contributed by atoms with Gasteiger partial charge < -0.3 is 20.6 Å². The van der Waals surface area contributed by atoms with E-state index in [1.165, 1.54) is 13.8 Å². The molecule has 2 atom stereocenters. The number of ether oxygens (including phenoxy) is 1. The van der Waals surface area contributed by atoms with Gasteiger partial charge in [-0.05, 0) is 56.7 Å². The Kier molecular flexibility index (Phi) is 10.2. The van der Waals surface area contributed by atoms with Crippen LogP contribution in [-0.4, -0.2) is 40.7 Å². The van der Waals surface area contributed by atoms with Gasteiger partial charge in [0.1, 0.15) is 5.75 Å². The zero-order valence-electron chi connectivity index (χ0n) is 18.9. The maximum atomic E-state index is 12.8. The largest absolute Gasteiger partial charge is 0.492 e. The third-order valence-corrected chi connectivity index (χ3v) is 5.47. The predicted molar refractivity (Wildman–Crippen MR) is 130 cm³/mol. The van der Waals surface area contributed by atoms with Crippen molar-refractivity contribution in [1.82, 2.24) is 21.2 Å². The van der Waals surface area contributed by atoms with E-state index in [1.807, 2.05) is 6.92 Å². The van der Waals surface area contributed by atoms with Gasteiger partial charge in [0.15, 0.2) is 0 Å². The van der Waals surface area contributed by atoms with Gasteiger partial charge in [-0.3, -0.25) is 10.2 Å². The first-order chi connectivity index (χ1) is 16.1. The lowest BCUT2D eigenvalue weighted by Gasteiger charge is -2.30. The highest BCUT2D eigenvalue weighted by Gasteiger charge is 2.33. The molecule has 0 fully saturated rings. The van der Waals surface area contributed by atoms with Gasteiger partial charge >= 0.3 is 18.0 Å². The molecule has 2 aromatic rings. The number of anilines is 1. The number of aliphatic carboxylic acids is 1. The Morgan fingerprint density at radius 2 is 1.74 bits per heavy atom. The monoisotopic (exact) mass is 511 g/mol. The van der Waals surface area contributed by atoms with E-state index >= 15 is 0 Å². The van der Waals surface area contributed by atoms with Gasteiger partial charge in [0.05, 0.1) is 29.3 Å². The van der Waals surface area contributed by atoms with E-state index in [-0.39, 0.29) is 6.54 Å². The summed E-state index contributed by atoms with van der Waals surface area (Å²) in [6.45, 7) is 5.30. The van der Waals surface area contributed by atoms with Crippen LogP contribution in [-0.2, 0) is 11.3 Å². The number of carboxylic acids is 1. The number of nitrogens with zero attached hydrogens (tertiary/aromatic N) is 1. The highest BCUT2D eigenvalue weighted by molar-refractivity contribution is 6.32. The second-order valence-electron chi connectivity index (χ2n) is 7.28. The highest BCUT2D eigenvalue weighted by Crippen LogP contribution is 2.27. The molecule has 2 aromatic carbocycles. The van der Waals surface area contributed by atoms with Crippen molar-refractivity contribution >= 4 is 46.9 Å². The minimum Gasteiger partial charge on any atom is -0.492 e. The van der Waals surface area contributed by atoms with Crippen LogP contribution in [0.25, 0.3) is 0 Å². The van der Waals surface area contributed by atoms with Crippen LogP contribution in [0.3, 0.4) is 0 Å². The Bertz CT molecular complexity index is 1010. The number of carboxylic acid groups (broad SMARTS) is 1. The van der Waals surface area contributed by atoms with Crippen LogP contribution < -0.4 is 26.4 Å². The van der Waals surface area contributed by atoms with Crippen LogP contribution in [0.4, 0.5) is 15.3 Å². The Morgan fingerprint density at radius 1 is 1.06 bits per heavy atom. The Balaban J connectivity index is 2.04. The molecule has 184 valence electrons. The summed E-state index contributed by atoms with van der Waals surface area (Å²) in [6.07, 6.45) is 0. The number of carbonyl (C=O) groups excluding carboxylic acids is 2. The third-order valence-electron chi connectivity index (χ3n) is 4.92. The summed E-state index contributed by atoms with van der Waals surface area (Å²) in [4.78, 5) is 37.9. The van der Waals surface area contributed by atoms with Crippen LogP contribution in [0.5, 0.6) is 5.75 Å². The van der Waals surface area contributed by atoms with Crippen molar-refractivity contribution in [2.75, 3.05) is 12.0 Å². The van der Waals surface area contributed by atoms with Crippen molar-refractivity contribution in [3.63, 3.8) is 0 Å². The summed E-state index contributed by atoms with van der Waals surface area (Å²) in [5, 5.41) is 12.9. The summed E-state index contributed by atoms with van der Waals surface area (Å²) in [7, 11) is 0. The van der Waals surface area contributed by atoms with E-state index in [1.54, 1.807) is 42.5 Å². The first-order valence-electron chi connectivity index (χ1n) is 10.4. The molecule has 0 unspecified atom stereocenters. The fourth-order valence-electron chi connectivity index (χ4n) is 2.83. The molecule has 2 rings (SSSR count). The van der Waals surface area contributed by atoms with Crippen LogP contribution in [0.2, 0.25) is 10.0 Å². The number of benzene rings is 2. The number of nitrogens with one attached hydrogen (secondary N) is 4. The minimum atomic E-state index is -1.15. The zero-order chi connectivity index (χ0) is 25.3. The van der Waals surface area contributed by atoms with Crippen molar-refractivity contribution in [1.29, 1.82) is 0 Å². The molecule has 12 heteroatoms. The molecule has 0 saturated heterocycles.